The zero-order valence-electron chi connectivity index (χ0n) is 8.71. The highest BCUT2D eigenvalue weighted by molar-refractivity contribution is 7.72. The maximum Gasteiger partial charge on any atom is 0.308 e. The van der Waals surface area contributed by atoms with Crippen LogP contribution in [0.25, 0.3) is 0 Å². The standard InChI is InChI=1S/C10H13NO4S/c1-7(10(12)13)6-11-8-3-2-4-9(5-8)16(14)15/h2-5,7,11,16H,6H2,1H3,(H,12,13). The maximum absolute atomic E-state index is 10.7. The largest absolute Gasteiger partial charge is 0.481 e. The number of benzene rings is 1. The quantitative estimate of drug-likeness (QED) is 0.666. The molecule has 0 aliphatic heterocycles. The van der Waals surface area contributed by atoms with E-state index in [0.29, 0.717) is 5.69 Å². The third-order valence-corrected chi connectivity index (χ3v) is 2.79. The molecule has 0 saturated carbocycles. The Bertz CT molecular complexity index is 448. The van der Waals surface area contributed by atoms with E-state index in [9.17, 15) is 13.2 Å². The van der Waals surface area contributed by atoms with Crippen molar-refractivity contribution in [3.05, 3.63) is 24.3 Å². The number of anilines is 1. The summed E-state index contributed by atoms with van der Waals surface area (Å²) in [5.74, 6) is -1.41. The van der Waals surface area contributed by atoms with Crippen molar-refractivity contribution in [3.8, 4) is 0 Å². The van der Waals surface area contributed by atoms with Crippen LogP contribution in [0.2, 0.25) is 0 Å². The molecule has 0 radical (unpaired) electrons. The number of carboxylic acids is 1. The molecule has 1 rings (SSSR count). The van der Waals surface area contributed by atoms with E-state index in [2.05, 4.69) is 5.32 Å². The fourth-order valence-electron chi connectivity index (χ4n) is 1.09. The molecular weight excluding hydrogens is 230 g/mol. The Labute approximate surface area is 95.1 Å². The Morgan fingerprint density at radius 1 is 1.50 bits per heavy atom. The van der Waals surface area contributed by atoms with Crippen molar-refractivity contribution in [3.63, 3.8) is 0 Å². The molecule has 1 unspecified atom stereocenters. The van der Waals surface area contributed by atoms with Crippen LogP contribution in [0.15, 0.2) is 29.2 Å². The minimum absolute atomic E-state index is 0.211. The van der Waals surface area contributed by atoms with Crippen molar-refractivity contribution in [2.45, 2.75) is 11.8 Å². The van der Waals surface area contributed by atoms with Gasteiger partial charge in [-0.2, -0.15) is 0 Å². The van der Waals surface area contributed by atoms with Gasteiger partial charge in [0.1, 0.15) is 0 Å². The van der Waals surface area contributed by atoms with E-state index in [4.69, 9.17) is 5.11 Å². The van der Waals surface area contributed by atoms with Crippen molar-refractivity contribution in [2.24, 2.45) is 5.92 Å². The van der Waals surface area contributed by atoms with Gasteiger partial charge in [0, 0.05) is 12.2 Å². The second-order valence-corrected chi connectivity index (χ2v) is 4.46. The van der Waals surface area contributed by atoms with Crippen molar-refractivity contribution in [1.82, 2.24) is 0 Å². The van der Waals surface area contributed by atoms with Crippen molar-refractivity contribution in [2.75, 3.05) is 11.9 Å². The second-order valence-electron chi connectivity index (χ2n) is 3.43. The van der Waals surface area contributed by atoms with Gasteiger partial charge < -0.3 is 10.4 Å². The summed E-state index contributed by atoms with van der Waals surface area (Å²) in [6.07, 6.45) is 0. The van der Waals surface area contributed by atoms with Crippen LogP contribution in [0, 0.1) is 5.92 Å². The van der Waals surface area contributed by atoms with Crippen LogP contribution in [-0.4, -0.2) is 26.0 Å². The first kappa shape index (κ1) is 12.5. The topological polar surface area (TPSA) is 83.5 Å². The summed E-state index contributed by atoms with van der Waals surface area (Å²) in [6, 6.07) is 6.25. The van der Waals surface area contributed by atoms with Crippen LogP contribution in [0.1, 0.15) is 6.92 Å². The molecule has 0 bridgehead atoms. The summed E-state index contributed by atoms with van der Waals surface area (Å²) in [6.45, 7) is 1.84. The molecule has 1 aromatic rings. The van der Waals surface area contributed by atoms with Gasteiger partial charge in [0.15, 0.2) is 10.7 Å². The van der Waals surface area contributed by atoms with Gasteiger partial charge in [0.2, 0.25) is 0 Å². The fourth-order valence-corrected chi connectivity index (χ4v) is 1.54. The third-order valence-electron chi connectivity index (χ3n) is 2.09. The van der Waals surface area contributed by atoms with Crippen molar-refractivity contribution < 1.29 is 18.3 Å². The number of nitrogens with one attached hydrogen (secondary N) is 1. The maximum atomic E-state index is 10.7. The minimum Gasteiger partial charge on any atom is -0.481 e. The molecule has 88 valence electrons. The SMILES string of the molecule is CC(CNc1cccc([SH](=O)=O)c1)C(=O)O. The highest BCUT2D eigenvalue weighted by atomic mass is 32.2. The molecule has 0 amide bonds. The highest BCUT2D eigenvalue weighted by Gasteiger charge is 2.09. The summed E-state index contributed by atoms with van der Waals surface area (Å²) >= 11 is 0. The highest BCUT2D eigenvalue weighted by Crippen LogP contribution is 2.12. The monoisotopic (exact) mass is 243 g/mol. The van der Waals surface area contributed by atoms with E-state index in [1.807, 2.05) is 0 Å². The summed E-state index contributed by atoms with van der Waals surface area (Å²) in [5.41, 5.74) is 0.602. The lowest BCUT2D eigenvalue weighted by Gasteiger charge is -2.09. The predicted octanol–water partition coefficient (Wildman–Crippen LogP) is 0.789. The van der Waals surface area contributed by atoms with Crippen LogP contribution in [0.4, 0.5) is 5.69 Å². The molecule has 1 aromatic carbocycles. The molecule has 0 aliphatic carbocycles. The van der Waals surface area contributed by atoms with Crippen LogP contribution in [0.5, 0.6) is 0 Å². The average Bonchev–Trinajstić information content (AvgIpc) is 2.26. The normalized spacial score (nSPS) is 12.4. The Morgan fingerprint density at radius 3 is 2.75 bits per heavy atom. The Kier molecular flexibility index (Phi) is 4.30. The van der Waals surface area contributed by atoms with E-state index in [-0.39, 0.29) is 11.4 Å². The van der Waals surface area contributed by atoms with Crippen LogP contribution in [-0.2, 0) is 15.5 Å². The second kappa shape index (κ2) is 5.50. The first-order valence-electron chi connectivity index (χ1n) is 4.72. The van der Waals surface area contributed by atoms with Gasteiger partial charge in [-0.25, -0.2) is 8.42 Å². The van der Waals surface area contributed by atoms with E-state index >= 15 is 0 Å². The van der Waals surface area contributed by atoms with Crippen molar-refractivity contribution >= 4 is 22.4 Å². The molecule has 0 saturated heterocycles. The van der Waals surface area contributed by atoms with Gasteiger partial charge >= 0.3 is 5.97 Å². The van der Waals surface area contributed by atoms with Crippen LogP contribution in [0.3, 0.4) is 0 Å². The number of aliphatic carboxylic acids is 1. The first-order chi connectivity index (χ1) is 7.50. The smallest absolute Gasteiger partial charge is 0.308 e. The Hall–Kier alpha value is -1.56. The lowest BCUT2D eigenvalue weighted by Crippen LogP contribution is -2.19. The van der Waals surface area contributed by atoms with Crippen molar-refractivity contribution in [1.29, 1.82) is 0 Å². The number of rotatable bonds is 5. The molecule has 16 heavy (non-hydrogen) atoms. The number of carboxylic acid groups (broad SMARTS) is 1. The van der Waals surface area contributed by atoms with E-state index in [1.54, 1.807) is 19.1 Å². The fraction of sp³-hybridized carbons (Fsp3) is 0.300. The molecule has 5 nitrogen and oxygen atoms in total. The van der Waals surface area contributed by atoms with Gasteiger partial charge in [-0.05, 0) is 18.2 Å². The lowest BCUT2D eigenvalue weighted by atomic mass is 10.2. The number of carbonyl (C=O) groups is 1. The summed E-state index contributed by atoms with van der Waals surface area (Å²) in [5, 5.41) is 11.5. The molecule has 0 spiro atoms. The predicted molar refractivity (Wildman–Crippen MR) is 60.3 cm³/mol. The average molecular weight is 243 g/mol. The van der Waals surface area contributed by atoms with Gasteiger partial charge in [-0.3, -0.25) is 4.79 Å². The molecule has 0 aromatic heterocycles. The lowest BCUT2D eigenvalue weighted by molar-refractivity contribution is -0.140. The number of hydrogen-bond acceptors (Lipinski definition) is 4. The first-order valence-corrected chi connectivity index (χ1v) is 5.89. The molecule has 0 fully saturated rings. The molecule has 1 atom stereocenters. The molecule has 0 heterocycles. The Morgan fingerprint density at radius 2 is 2.19 bits per heavy atom. The van der Waals surface area contributed by atoms with Gasteiger partial charge in [-0.15, -0.1) is 0 Å². The Balaban J connectivity index is 2.68. The van der Waals surface area contributed by atoms with Gasteiger partial charge in [-0.1, -0.05) is 13.0 Å². The minimum atomic E-state index is -2.61. The van der Waals surface area contributed by atoms with Gasteiger partial charge in [0.25, 0.3) is 0 Å². The van der Waals surface area contributed by atoms with Crippen LogP contribution < -0.4 is 5.32 Å². The summed E-state index contributed by atoms with van der Waals surface area (Å²) in [4.78, 5) is 10.8. The number of thiol groups is 1. The van der Waals surface area contributed by atoms with E-state index in [1.165, 1.54) is 12.1 Å². The molecule has 0 aliphatic rings. The summed E-state index contributed by atoms with van der Waals surface area (Å²) < 4.78 is 21.4. The summed E-state index contributed by atoms with van der Waals surface area (Å²) in [7, 11) is -2.61. The van der Waals surface area contributed by atoms with E-state index < -0.39 is 22.6 Å². The molecular formula is C10H13NO4S. The third kappa shape index (κ3) is 3.54. The zero-order chi connectivity index (χ0) is 12.1. The van der Waals surface area contributed by atoms with E-state index in [0.717, 1.165) is 0 Å². The van der Waals surface area contributed by atoms with Gasteiger partial charge in [0.05, 0.1) is 10.8 Å². The van der Waals surface area contributed by atoms with Crippen LogP contribution >= 0.6 is 0 Å². The molecule has 2 N–H and O–H groups in total. The molecule has 6 heteroatoms. The zero-order valence-corrected chi connectivity index (χ0v) is 9.61. The number of hydrogen-bond donors (Lipinski definition) is 3.